The molecular weight excluding hydrogens is 263 g/mol. The highest BCUT2D eigenvalue weighted by Crippen LogP contribution is 2.23. The molecule has 1 rings (SSSR count). The van der Waals surface area contributed by atoms with Crippen molar-refractivity contribution < 1.29 is 4.39 Å². The molecule has 0 fully saturated rings. The van der Waals surface area contributed by atoms with Crippen LogP contribution < -0.4 is 5.32 Å². The summed E-state index contributed by atoms with van der Waals surface area (Å²) in [4.78, 5) is 2.22. The fourth-order valence-electron chi connectivity index (χ4n) is 2.27. The molecule has 108 valence electrons. The van der Waals surface area contributed by atoms with Crippen LogP contribution in [0.1, 0.15) is 32.4 Å². The number of nitrogens with one attached hydrogen (secondary N) is 1. The van der Waals surface area contributed by atoms with Crippen LogP contribution in [0.2, 0.25) is 5.02 Å². The summed E-state index contributed by atoms with van der Waals surface area (Å²) >= 11 is 6.07. The van der Waals surface area contributed by atoms with E-state index in [1.165, 1.54) is 12.1 Å². The molecule has 1 N–H and O–H groups in total. The van der Waals surface area contributed by atoms with Crippen LogP contribution in [0.15, 0.2) is 18.2 Å². The van der Waals surface area contributed by atoms with E-state index in [1.807, 2.05) is 6.92 Å². The molecule has 2 nitrogen and oxygen atoms in total. The van der Waals surface area contributed by atoms with Crippen LogP contribution in [0.4, 0.5) is 4.39 Å². The normalized spacial score (nSPS) is 15.0. The summed E-state index contributed by atoms with van der Waals surface area (Å²) < 4.78 is 13.0. The summed E-state index contributed by atoms with van der Waals surface area (Å²) in [7, 11) is 4.17. The monoisotopic (exact) mass is 286 g/mol. The van der Waals surface area contributed by atoms with Gasteiger partial charge in [0.05, 0.1) is 0 Å². The zero-order chi connectivity index (χ0) is 14.6. The van der Waals surface area contributed by atoms with Crippen molar-refractivity contribution in [2.75, 3.05) is 20.6 Å². The zero-order valence-electron chi connectivity index (χ0n) is 12.4. The van der Waals surface area contributed by atoms with Gasteiger partial charge in [-0.05, 0) is 44.6 Å². The van der Waals surface area contributed by atoms with Gasteiger partial charge in [0, 0.05) is 23.7 Å². The van der Waals surface area contributed by atoms with Crippen molar-refractivity contribution in [3.05, 3.63) is 34.6 Å². The lowest BCUT2D eigenvalue weighted by atomic mass is 10.0. The average molecular weight is 287 g/mol. The van der Waals surface area contributed by atoms with Crippen LogP contribution in [0.5, 0.6) is 0 Å². The second-order valence-electron chi connectivity index (χ2n) is 5.57. The van der Waals surface area contributed by atoms with E-state index in [4.69, 9.17) is 11.6 Å². The van der Waals surface area contributed by atoms with Crippen molar-refractivity contribution in [3.8, 4) is 0 Å². The Morgan fingerprint density at radius 3 is 2.37 bits per heavy atom. The maximum absolute atomic E-state index is 13.0. The zero-order valence-corrected chi connectivity index (χ0v) is 13.1. The number of hydrogen-bond donors (Lipinski definition) is 1. The molecule has 19 heavy (non-hydrogen) atoms. The van der Waals surface area contributed by atoms with E-state index in [0.29, 0.717) is 17.0 Å². The van der Waals surface area contributed by atoms with Crippen molar-refractivity contribution in [1.82, 2.24) is 10.2 Å². The van der Waals surface area contributed by atoms with Gasteiger partial charge in [0.2, 0.25) is 0 Å². The smallest absolute Gasteiger partial charge is 0.124 e. The molecule has 0 amide bonds. The standard InChI is InChI=1S/C15H24ClFN2/c1-10(2)15(19(4)5)9-18-11(3)13-7-6-12(17)8-14(13)16/h6-8,10-11,15,18H,9H2,1-5H3. The van der Waals surface area contributed by atoms with Crippen LogP contribution in [-0.2, 0) is 0 Å². The van der Waals surface area contributed by atoms with Crippen molar-refractivity contribution in [3.63, 3.8) is 0 Å². The molecule has 0 heterocycles. The van der Waals surface area contributed by atoms with Crippen LogP contribution in [0.25, 0.3) is 0 Å². The molecule has 4 heteroatoms. The Bertz CT molecular complexity index is 399. The summed E-state index contributed by atoms with van der Waals surface area (Å²) in [5.74, 6) is 0.271. The molecule has 0 saturated heterocycles. The molecule has 0 aliphatic carbocycles. The van der Waals surface area contributed by atoms with E-state index in [1.54, 1.807) is 6.07 Å². The summed E-state index contributed by atoms with van der Waals surface area (Å²) in [6.45, 7) is 7.34. The van der Waals surface area contributed by atoms with Gasteiger partial charge in [0.1, 0.15) is 5.82 Å². The Morgan fingerprint density at radius 2 is 1.89 bits per heavy atom. The molecule has 2 atom stereocenters. The summed E-state index contributed by atoms with van der Waals surface area (Å²) in [6.07, 6.45) is 0. The number of rotatable bonds is 6. The quantitative estimate of drug-likeness (QED) is 0.857. The molecule has 0 aliphatic rings. The molecule has 0 bridgehead atoms. The van der Waals surface area contributed by atoms with Crippen molar-refractivity contribution in [1.29, 1.82) is 0 Å². The van der Waals surface area contributed by atoms with E-state index >= 15 is 0 Å². The predicted octanol–water partition coefficient (Wildman–Crippen LogP) is 3.72. The third-order valence-corrected chi connectivity index (χ3v) is 3.82. The highest BCUT2D eigenvalue weighted by molar-refractivity contribution is 6.31. The third kappa shape index (κ3) is 4.75. The van der Waals surface area contributed by atoms with Gasteiger partial charge in [0.25, 0.3) is 0 Å². The average Bonchev–Trinajstić information content (AvgIpc) is 2.27. The van der Waals surface area contributed by atoms with Gasteiger partial charge in [-0.3, -0.25) is 0 Å². The predicted molar refractivity (Wildman–Crippen MR) is 80.1 cm³/mol. The SMILES string of the molecule is CC(NCC(C(C)C)N(C)C)c1ccc(F)cc1Cl. The minimum Gasteiger partial charge on any atom is -0.309 e. The largest absolute Gasteiger partial charge is 0.309 e. The van der Waals surface area contributed by atoms with E-state index in [2.05, 4.69) is 38.2 Å². The highest BCUT2D eigenvalue weighted by Gasteiger charge is 2.17. The number of likely N-dealkylation sites (N-methyl/N-ethyl adjacent to an activating group) is 1. The Hall–Kier alpha value is -0.640. The van der Waals surface area contributed by atoms with Gasteiger partial charge in [0.15, 0.2) is 0 Å². The molecule has 1 aromatic rings. The van der Waals surface area contributed by atoms with Crippen molar-refractivity contribution >= 4 is 11.6 Å². The highest BCUT2D eigenvalue weighted by atomic mass is 35.5. The van der Waals surface area contributed by atoms with Gasteiger partial charge in [-0.1, -0.05) is 31.5 Å². The summed E-state index contributed by atoms with van der Waals surface area (Å²) in [5, 5.41) is 3.95. The van der Waals surface area contributed by atoms with Gasteiger partial charge in [-0.25, -0.2) is 4.39 Å². The van der Waals surface area contributed by atoms with Crippen molar-refractivity contribution in [2.45, 2.75) is 32.9 Å². The van der Waals surface area contributed by atoms with E-state index in [-0.39, 0.29) is 11.9 Å². The third-order valence-electron chi connectivity index (χ3n) is 3.50. The van der Waals surface area contributed by atoms with Crippen LogP contribution in [0.3, 0.4) is 0 Å². The molecule has 0 spiro atoms. The maximum atomic E-state index is 13.0. The van der Waals surface area contributed by atoms with Gasteiger partial charge in [-0.15, -0.1) is 0 Å². The summed E-state index contributed by atoms with van der Waals surface area (Å²) in [6, 6.07) is 5.12. The first-order valence-corrected chi connectivity index (χ1v) is 7.05. The van der Waals surface area contributed by atoms with Crippen LogP contribution in [-0.4, -0.2) is 31.6 Å². The molecule has 2 unspecified atom stereocenters. The molecule has 0 saturated carbocycles. The minimum absolute atomic E-state index is 0.106. The molecule has 0 radical (unpaired) electrons. The number of halogens is 2. The van der Waals surface area contributed by atoms with Gasteiger partial charge in [-0.2, -0.15) is 0 Å². The second-order valence-corrected chi connectivity index (χ2v) is 5.98. The van der Waals surface area contributed by atoms with Gasteiger partial charge < -0.3 is 10.2 Å². The van der Waals surface area contributed by atoms with E-state index in [9.17, 15) is 4.39 Å². The fourth-order valence-corrected chi connectivity index (χ4v) is 2.61. The topological polar surface area (TPSA) is 15.3 Å². The molecular formula is C15H24ClFN2. The Morgan fingerprint density at radius 1 is 1.26 bits per heavy atom. The summed E-state index contributed by atoms with van der Waals surface area (Å²) in [5.41, 5.74) is 0.935. The number of nitrogens with zero attached hydrogens (tertiary/aromatic N) is 1. The number of benzene rings is 1. The first kappa shape index (κ1) is 16.4. The second kappa shape index (κ2) is 7.22. The lowest BCUT2D eigenvalue weighted by molar-refractivity contribution is 0.220. The molecule has 1 aromatic carbocycles. The first-order chi connectivity index (χ1) is 8.82. The lowest BCUT2D eigenvalue weighted by Crippen LogP contribution is -2.42. The van der Waals surface area contributed by atoms with Crippen LogP contribution >= 0.6 is 11.6 Å². The maximum Gasteiger partial charge on any atom is 0.124 e. The minimum atomic E-state index is -0.297. The molecule has 0 aromatic heterocycles. The van der Waals surface area contributed by atoms with Crippen LogP contribution in [0, 0.1) is 11.7 Å². The number of hydrogen-bond acceptors (Lipinski definition) is 2. The lowest BCUT2D eigenvalue weighted by Gasteiger charge is -2.29. The van der Waals surface area contributed by atoms with Gasteiger partial charge >= 0.3 is 0 Å². The Balaban J connectivity index is 2.66. The van der Waals surface area contributed by atoms with Crippen molar-refractivity contribution in [2.24, 2.45) is 5.92 Å². The first-order valence-electron chi connectivity index (χ1n) is 6.67. The fraction of sp³-hybridized carbons (Fsp3) is 0.600. The van der Waals surface area contributed by atoms with E-state index < -0.39 is 0 Å². The molecule has 0 aliphatic heterocycles. The Kier molecular flexibility index (Phi) is 6.24. The van der Waals surface area contributed by atoms with E-state index in [0.717, 1.165) is 12.1 Å². The Labute approximate surface area is 120 Å².